The fraction of sp³-hybridized carbons (Fsp3) is 0.240. The predicted octanol–water partition coefficient (Wildman–Crippen LogP) is 10.6. The number of rotatable bonds is 15. The minimum absolute atomic E-state index is 0.00336. The van der Waals surface area contributed by atoms with Crippen molar-refractivity contribution in [2.45, 2.75) is 67.7 Å². The molecule has 8 aromatic rings. The maximum absolute atomic E-state index is 14.1. The van der Waals surface area contributed by atoms with Crippen LogP contribution >= 0.6 is 0 Å². The molecule has 322 valence electrons. The molecule has 4 heterocycles. The van der Waals surface area contributed by atoms with Gasteiger partial charge in [0.25, 0.3) is 0 Å². The predicted molar refractivity (Wildman–Crippen MR) is 249 cm³/mol. The molecular formula is C50H48Ga2N4O8. The van der Waals surface area contributed by atoms with Crippen LogP contribution in [0.3, 0.4) is 0 Å². The monoisotopic (exact) mass is 970 g/mol. The van der Waals surface area contributed by atoms with Crippen LogP contribution in [0.1, 0.15) is 62.8 Å². The fourth-order valence-electron chi connectivity index (χ4n) is 7.47. The number of aryl methyl sites for hydroxylation is 4. The topological polar surface area (TPSA) is 141 Å². The maximum atomic E-state index is 14.1. The fourth-order valence-corrected chi connectivity index (χ4v) is 12.8. The van der Waals surface area contributed by atoms with Crippen LogP contribution in [0.5, 0.6) is 23.0 Å². The van der Waals surface area contributed by atoms with Gasteiger partial charge in [-0.05, 0) is 0 Å². The van der Waals surface area contributed by atoms with Crippen LogP contribution in [0.15, 0.2) is 121 Å². The van der Waals surface area contributed by atoms with Gasteiger partial charge in [-0.15, -0.1) is 0 Å². The molecule has 1 unspecified atom stereocenters. The van der Waals surface area contributed by atoms with Crippen molar-refractivity contribution in [3.05, 3.63) is 144 Å². The molecular weight excluding hydrogens is 924 g/mol. The molecule has 1 atom stereocenters. The summed E-state index contributed by atoms with van der Waals surface area (Å²) in [6, 6.07) is 38.1. The van der Waals surface area contributed by atoms with Gasteiger partial charge in [-0.2, -0.15) is 0 Å². The summed E-state index contributed by atoms with van der Waals surface area (Å²) >= 11 is -7.93. The third-order valence-electron chi connectivity index (χ3n) is 11.0. The summed E-state index contributed by atoms with van der Waals surface area (Å²) in [5.74, 6) is 0.577. The summed E-state index contributed by atoms with van der Waals surface area (Å²) in [6.45, 7) is 13.7. The Bertz CT molecular complexity index is 2840. The normalized spacial score (nSPS) is 11.9. The van der Waals surface area contributed by atoms with Crippen molar-refractivity contribution < 1.29 is 30.8 Å². The second-order valence-corrected chi connectivity index (χ2v) is 22.3. The van der Waals surface area contributed by atoms with E-state index in [4.69, 9.17) is 41.1 Å². The Morgan fingerprint density at radius 2 is 0.781 bits per heavy atom. The summed E-state index contributed by atoms with van der Waals surface area (Å²) in [7, 11) is 0. The number of nitrogens with zero attached hydrogens (tertiary/aromatic N) is 4. The number of aromatic nitrogens is 4. The van der Waals surface area contributed by atoms with E-state index in [0.717, 1.165) is 44.3 Å². The van der Waals surface area contributed by atoms with Crippen molar-refractivity contribution in [2.75, 3.05) is 0 Å². The first-order chi connectivity index (χ1) is 30.7. The molecule has 0 N–H and O–H groups in total. The molecule has 12 nitrogen and oxygen atoms in total. The molecule has 14 heteroatoms. The molecule has 64 heavy (non-hydrogen) atoms. The Morgan fingerprint density at radius 3 is 1.09 bits per heavy atom. The van der Waals surface area contributed by atoms with Crippen molar-refractivity contribution in [3.63, 3.8) is 0 Å². The zero-order valence-corrected chi connectivity index (χ0v) is 41.8. The van der Waals surface area contributed by atoms with Crippen LogP contribution in [0.25, 0.3) is 43.6 Å². The Morgan fingerprint density at radius 1 is 0.469 bits per heavy atom. The minimum atomic E-state index is -3.97. The van der Waals surface area contributed by atoms with Gasteiger partial charge in [0, 0.05) is 0 Å². The van der Waals surface area contributed by atoms with Gasteiger partial charge in [0.15, 0.2) is 0 Å². The van der Waals surface area contributed by atoms with Crippen molar-refractivity contribution >= 4 is 90.2 Å². The molecule has 0 saturated heterocycles. The molecule has 0 radical (unpaired) electrons. The Hall–Kier alpha value is -6.07. The van der Waals surface area contributed by atoms with Gasteiger partial charge in [-0.1, -0.05) is 0 Å². The van der Waals surface area contributed by atoms with E-state index in [2.05, 4.69) is 0 Å². The summed E-state index contributed by atoms with van der Waals surface area (Å²) < 4.78 is 38.5. The van der Waals surface area contributed by atoms with E-state index in [1.165, 1.54) is 0 Å². The van der Waals surface area contributed by atoms with Crippen molar-refractivity contribution in [2.24, 2.45) is 11.3 Å². The second kappa shape index (κ2) is 19.4. The van der Waals surface area contributed by atoms with Gasteiger partial charge < -0.3 is 0 Å². The van der Waals surface area contributed by atoms with Crippen LogP contribution in [-0.4, -0.2) is 66.5 Å². The molecule has 4 aromatic heterocycles. The molecule has 4 aromatic carbocycles. The average molecular weight is 972 g/mol. The number of carbonyl (C=O) groups excluding carboxylic acids is 2. The number of para-hydroxylation sites is 4. The molecule has 0 aliphatic carbocycles. The number of hydrogen-bond acceptors (Lipinski definition) is 12. The SMILES string of the molecule is Cc1ccc2cccc([O][Ga]([O]C(=O)CCC(CC(=O)[O][Ga]([O]c3cccc4ccc(C)nc34)[O]c3cccc4ccc(C)nc34)C(C)(C)C)[O]c3cccc4ccc(C)nc34)c2n1. The molecule has 8 rings (SSSR count). The van der Waals surface area contributed by atoms with Crippen molar-refractivity contribution in [3.8, 4) is 23.0 Å². The van der Waals surface area contributed by atoms with Crippen LogP contribution in [-0.2, 0) is 16.6 Å². The van der Waals surface area contributed by atoms with E-state index in [0.29, 0.717) is 51.5 Å². The van der Waals surface area contributed by atoms with E-state index >= 15 is 0 Å². The number of benzene rings is 4. The number of carbonyl (C=O) groups is 2. The summed E-state index contributed by atoms with van der Waals surface area (Å²) in [5, 5.41) is 3.53. The van der Waals surface area contributed by atoms with Gasteiger partial charge in [-0.3, -0.25) is 0 Å². The Labute approximate surface area is 384 Å². The standard InChI is InChI=1S/4C10H9NO.C10H18O4.2Ga/c4*1-7-5-6-8-3-2-4-9(12)10(8)11-7;1-10(2,3)7(6-9(13)14)4-5-8(11)12;;/h4*2-6,12H,1H3;7H,4-6H2,1-3H3,(H,11,12)(H,13,14);;/q;;;;;2*+3/p-6. The van der Waals surface area contributed by atoms with Crippen LogP contribution in [0, 0.1) is 39.0 Å². The quantitative estimate of drug-likeness (QED) is 0.0903. The third-order valence-corrected chi connectivity index (χ3v) is 16.6. The Balaban J connectivity index is 1.01. The third kappa shape index (κ3) is 10.8. The van der Waals surface area contributed by atoms with Crippen LogP contribution in [0.4, 0.5) is 0 Å². The first-order valence-electron chi connectivity index (χ1n) is 21.3. The zero-order chi connectivity index (χ0) is 45.0. The van der Waals surface area contributed by atoms with E-state index in [9.17, 15) is 9.59 Å². The van der Waals surface area contributed by atoms with Gasteiger partial charge >= 0.3 is 387 Å². The van der Waals surface area contributed by atoms with E-state index in [1.54, 1.807) is 24.3 Å². The average Bonchev–Trinajstić information content (AvgIpc) is 3.25. The summed E-state index contributed by atoms with van der Waals surface area (Å²) in [5.41, 5.74) is 5.46. The number of pyridine rings is 4. The van der Waals surface area contributed by atoms with Gasteiger partial charge in [0.1, 0.15) is 0 Å². The Kier molecular flexibility index (Phi) is 13.5. The van der Waals surface area contributed by atoms with Gasteiger partial charge in [0.2, 0.25) is 0 Å². The van der Waals surface area contributed by atoms with Crippen LogP contribution in [0.2, 0.25) is 0 Å². The molecule has 0 aliphatic heterocycles. The molecule has 0 aliphatic rings. The molecule has 0 amide bonds. The molecule has 0 spiro atoms. The van der Waals surface area contributed by atoms with E-state index in [-0.39, 0.29) is 18.8 Å². The molecule has 0 saturated carbocycles. The summed E-state index contributed by atoms with van der Waals surface area (Å²) in [6.07, 6.45) is 0.336. The van der Waals surface area contributed by atoms with Gasteiger partial charge in [-0.25, -0.2) is 0 Å². The zero-order valence-electron chi connectivity index (χ0n) is 37.0. The first kappa shape index (κ1) is 44.5. The number of fused-ring (bicyclic) bond motifs is 4. The van der Waals surface area contributed by atoms with Crippen LogP contribution < -0.4 is 14.1 Å². The van der Waals surface area contributed by atoms with Crippen molar-refractivity contribution in [1.29, 1.82) is 0 Å². The number of hydrogen-bond donors (Lipinski definition) is 0. The van der Waals surface area contributed by atoms with Crippen molar-refractivity contribution in [1.82, 2.24) is 19.9 Å². The van der Waals surface area contributed by atoms with E-state index < -0.39 is 52.0 Å². The van der Waals surface area contributed by atoms with E-state index in [1.807, 2.05) is 146 Å². The summed E-state index contributed by atoms with van der Waals surface area (Å²) in [4.78, 5) is 46.9. The first-order valence-corrected chi connectivity index (χ1v) is 27.2. The molecule has 0 fully saturated rings. The van der Waals surface area contributed by atoms with Gasteiger partial charge in [0.05, 0.1) is 0 Å². The molecule has 0 bridgehead atoms. The second-order valence-electron chi connectivity index (χ2n) is 17.0.